The molecule has 0 amide bonds. The molecule has 1 heterocycles. The smallest absolute Gasteiger partial charge is 0.327 e. The van der Waals surface area contributed by atoms with Gasteiger partial charge in [-0.2, -0.15) is 0 Å². The fraction of sp³-hybridized carbons (Fsp3) is 0.929. The van der Waals surface area contributed by atoms with Crippen LogP contribution < -0.4 is 5.73 Å². The van der Waals surface area contributed by atoms with E-state index in [1.165, 1.54) is 12.8 Å². The number of hydrogen-bond donors (Lipinski definition) is 1. The first-order valence-corrected chi connectivity index (χ1v) is 7.05. The first kappa shape index (κ1) is 15.4. The van der Waals surface area contributed by atoms with Crippen molar-refractivity contribution in [3.63, 3.8) is 0 Å². The molecule has 0 saturated carbocycles. The Morgan fingerprint density at radius 1 is 1.44 bits per heavy atom. The van der Waals surface area contributed by atoms with Crippen molar-refractivity contribution in [3.8, 4) is 0 Å². The monoisotopic (exact) mass is 256 g/mol. The SMILES string of the molecule is CCOC(=O)C(C)(N)CN1CCC(C(C)C)CC1. The third kappa shape index (κ3) is 4.25. The highest BCUT2D eigenvalue weighted by molar-refractivity contribution is 5.80. The minimum atomic E-state index is -0.888. The number of ether oxygens (including phenoxy) is 1. The second kappa shape index (κ2) is 6.53. The fourth-order valence-corrected chi connectivity index (χ4v) is 2.60. The first-order chi connectivity index (χ1) is 8.36. The molecule has 1 saturated heterocycles. The highest BCUT2D eigenvalue weighted by Crippen LogP contribution is 2.25. The van der Waals surface area contributed by atoms with Gasteiger partial charge in [-0.15, -0.1) is 0 Å². The van der Waals surface area contributed by atoms with Crippen molar-refractivity contribution in [2.45, 2.75) is 46.1 Å². The number of carbonyl (C=O) groups excluding carboxylic acids is 1. The van der Waals surface area contributed by atoms with Crippen molar-refractivity contribution < 1.29 is 9.53 Å². The van der Waals surface area contributed by atoms with Gasteiger partial charge in [0.05, 0.1) is 6.61 Å². The van der Waals surface area contributed by atoms with Gasteiger partial charge in [0.15, 0.2) is 0 Å². The maximum absolute atomic E-state index is 11.7. The largest absolute Gasteiger partial charge is 0.465 e. The summed E-state index contributed by atoms with van der Waals surface area (Å²) < 4.78 is 5.02. The van der Waals surface area contributed by atoms with Crippen LogP contribution in [0.15, 0.2) is 0 Å². The van der Waals surface area contributed by atoms with Crippen LogP contribution >= 0.6 is 0 Å². The average molecular weight is 256 g/mol. The van der Waals surface area contributed by atoms with E-state index in [0.29, 0.717) is 13.2 Å². The van der Waals surface area contributed by atoms with E-state index in [2.05, 4.69) is 18.7 Å². The topological polar surface area (TPSA) is 55.6 Å². The molecule has 0 spiro atoms. The van der Waals surface area contributed by atoms with Gasteiger partial charge in [-0.1, -0.05) is 13.8 Å². The zero-order valence-electron chi connectivity index (χ0n) is 12.2. The number of rotatable bonds is 5. The van der Waals surface area contributed by atoms with Crippen molar-refractivity contribution in [2.24, 2.45) is 17.6 Å². The summed E-state index contributed by atoms with van der Waals surface area (Å²) in [6, 6.07) is 0. The molecule has 1 unspecified atom stereocenters. The molecule has 1 aliphatic heterocycles. The quantitative estimate of drug-likeness (QED) is 0.760. The van der Waals surface area contributed by atoms with E-state index in [1.54, 1.807) is 6.92 Å². The van der Waals surface area contributed by atoms with Crippen LogP contribution in [0.5, 0.6) is 0 Å². The van der Waals surface area contributed by atoms with Crippen LogP contribution in [0.2, 0.25) is 0 Å². The minimum Gasteiger partial charge on any atom is -0.465 e. The van der Waals surface area contributed by atoms with E-state index in [1.807, 2.05) is 6.92 Å². The molecule has 1 aliphatic rings. The molecule has 1 atom stereocenters. The van der Waals surface area contributed by atoms with Gasteiger partial charge in [-0.25, -0.2) is 0 Å². The Labute approximate surface area is 111 Å². The van der Waals surface area contributed by atoms with Gasteiger partial charge in [-0.05, 0) is 51.6 Å². The Hall–Kier alpha value is -0.610. The maximum atomic E-state index is 11.7. The number of nitrogens with zero attached hydrogens (tertiary/aromatic N) is 1. The highest BCUT2D eigenvalue weighted by Gasteiger charge is 2.33. The number of piperidine rings is 1. The van der Waals surface area contributed by atoms with E-state index in [4.69, 9.17) is 10.5 Å². The van der Waals surface area contributed by atoms with Crippen LogP contribution in [0, 0.1) is 11.8 Å². The summed E-state index contributed by atoms with van der Waals surface area (Å²) in [5, 5.41) is 0. The zero-order valence-corrected chi connectivity index (χ0v) is 12.2. The van der Waals surface area contributed by atoms with Crippen LogP contribution in [-0.2, 0) is 9.53 Å². The number of likely N-dealkylation sites (tertiary alicyclic amines) is 1. The van der Waals surface area contributed by atoms with Crippen molar-refractivity contribution in [3.05, 3.63) is 0 Å². The van der Waals surface area contributed by atoms with E-state index in [-0.39, 0.29) is 5.97 Å². The van der Waals surface area contributed by atoms with Gasteiger partial charge in [0.1, 0.15) is 5.54 Å². The summed E-state index contributed by atoms with van der Waals surface area (Å²) in [4.78, 5) is 14.0. The first-order valence-electron chi connectivity index (χ1n) is 7.05. The van der Waals surface area contributed by atoms with Crippen molar-refractivity contribution in [1.82, 2.24) is 4.90 Å². The number of nitrogens with two attached hydrogens (primary N) is 1. The van der Waals surface area contributed by atoms with E-state index < -0.39 is 5.54 Å². The summed E-state index contributed by atoms with van der Waals surface area (Å²) in [5.41, 5.74) is 5.17. The number of hydrogen-bond acceptors (Lipinski definition) is 4. The van der Waals surface area contributed by atoms with Gasteiger partial charge in [0.25, 0.3) is 0 Å². The molecule has 4 nitrogen and oxygen atoms in total. The van der Waals surface area contributed by atoms with E-state index in [0.717, 1.165) is 24.9 Å². The van der Waals surface area contributed by atoms with Crippen LogP contribution in [0.3, 0.4) is 0 Å². The molecule has 4 heteroatoms. The van der Waals surface area contributed by atoms with Gasteiger partial charge >= 0.3 is 5.97 Å². The van der Waals surface area contributed by atoms with Gasteiger partial charge < -0.3 is 15.4 Å². The van der Waals surface area contributed by atoms with Gasteiger partial charge in [0.2, 0.25) is 0 Å². The Morgan fingerprint density at radius 3 is 2.44 bits per heavy atom. The van der Waals surface area contributed by atoms with Crippen LogP contribution in [-0.4, -0.2) is 42.6 Å². The lowest BCUT2D eigenvalue weighted by atomic mass is 9.86. The summed E-state index contributed by atoms with van der Waals surface area (Å²) in [5.74, 6) is 1.27. The molecule has 1 rings (SSSR count). The maximum Gasteiger partial charge on any atom is 0.327 e. The molecule has 2 N–H and O–H groups in total. The molecule has 106 valence electrons. The second-order valence-electron chi connectivity index (χ2n) is 6.00. The summed E-state index contributed by atoms with van der Waals surface area (Å²) in [6.45, 7) is 11.2. The van der Waals surface area contributed by atoms with Gasteiger partial charge in [-0.3, -0.25) is 4.79 Å². The fourth-order valence-electron chi connectivity index (χ4n) is 2.60. The summed E-state index contributed by atoms with van der Waals surface area (Å²) in [6.07, 6.45) is 2.41. The molecule has 0 aromatic carbocycles. The zero-order chi connectivity index (χ0) is 13.8. The molecule has 0 radical (unpaired) electrons. The Morgan fingerprint density at radius 2 is 2.00 bits per heavy atom. The third-order valence-corrected chi connectivity index (χ3v) is 3.87. The van der Waals surface area contributed by atoms with Crippen molar-refractivity contribution in [1.29, 1.82) is 0 Å². The predicted molar refractivity (Wildman–Crippen MR) is 73.2 cm³/mol. The van der Waals surface area contributed by atoms with E-state index in [9.17, 15) is 4.79 Å². The predicted octanol–water partition coefficient (Wildman–Crippen LogP) is 1.63. The molecule has 18 heavy (non-hydrogen) atoms. The lowest BCUT2D eigenvalue weighted by Gasteiger charge is -2.37. The summed E-state index contributed by atoms with van der Waals surface area (Å²) >= 11 is 0. The van der Waals surface area contributed by atoms with Crippen molar-refractivity contribution >= 4 is 5.97 Å². The molecule has 0 aromatic heterocycles. The van der Waals surface area contributed by atoms with E-state index >= 15 is 0 Å². The average Bonchev–Trinajstić information content (AvgIpc) is 2.29. The molecular weight excluding hydrogens is 228 g/mol. The third-order valence-electron chi connectivity index (χ3n) is 3.87. The molecule has 0 bridgehead atoms. The Kier molecular flexibility index (Phi) is 5.60. The van der Waals surface area contributed by atoms with Gasteiger partial charge in [0, 0.05) is 6.54 Å². The molecule has 1 fully saturated rings. The number of esters is 1. The standard InChI is InChI=1S/C14H28N2O2/c1-5-18-13(17)14(4,15)10-16-8-6-12(7-9-16)11(2)3/h11-12H,5-10,15H2,1-4H3. The molecule has 0 aliphatic carbocycles. The highest BCUT2D eigenvalue weighted by atomic mass is 16.5. The Balaban J connectivity index is 2.42. The summed E-state index contributed by atoms with van der Waals surface area (Å²) in [7, 11) is 0. The van der Waals surface area contributed by atoms with Crippen LogP contribution in [0.25, 0.3) is 0 Å². The minimum absolute atomic E-state index is 0.295. The lowest BCUT2D eigenvalue weighted by Crippen LogP contribution is -2.55. The molecular formula is C14H28N2O2. The lowest BCUT2D eigenvalue weighted by molar-refractivity contribution is -0.149. The number of carbonyl (C=O) groups is 1. The Bertz CT molecular complexity index is 269. The van der Waals surface area contributed by atoms with Crippen LogP contribution in [0.1, 0.15) is 40.5 Å². The second-order valence-corrected chi connectivity index (χ2v) is 6.00. The normalized spacial score (nSPS) is 21.9. The van der Waals surface area contributed by atoms with Crippen molar-refractivity contribution in [2.75, 3.05) is 26.2 Å². The van der Waals surface area contributed by atoms with Crippen LogP contribution in [0.4, 0.5) is 0 Å². The molecule has 0 aromatic rings.